The molecule has 124 valence electrons. The number of benzene rings is 1. The molecular formula is C14H18N4O4S. The van der Waals surface area contributed by atoms with Crippen molar-refractivity contribution >= 4 is 27.1 Å². The average molecular weight is 338 g/mol. The van der Waals surface area contributed by atoms with Gasteiger partial charge >= 0.3 is 11.7 Å². The van der Waals surface area contributed by atoms with Gasteiger partial charge in [0.15, 0.2) is 0 Å². The zero-order valence-corrected chi connectivity index (χ0v) is 13.9. The predicted octanol–water partition coefficient (Wildman–Crippen LogP) is 0.358. The number of nitrogens with zero attached hydrogens (tertiary/aromatic N) is 2. The van der Waals surface area contributed by atoms with E-state index in [1.807, 2.05) is 6.92 Å². The summed E-state index contributed by atoms with van der Waals surface area (Å²) in [6.45, 7) is 1.83. The fourth-order valence-corrected chi connectivity index (χ4v) is 4.29. The Morgan fingerprint density at radius 2 is 1.96 bits per heavy atom. The molecule has 1 aromatic heterocycles. The van der Waals surface area contributed by atoms with Gasteiger partial charge in [-0.05, 0) is 31.9 Å². The Morgan fingerprint density at radius 3 is 2.52 bits per heavy atom. The first-order chi connectivity index (χ1) is 10.7. The molecule has 9 heteroatoms. The van der Waals surface area contributed by atoms with E-state index in [9.17, 15) is 18.0 Å². The number of imidazole rings is 1. The number of fused-ring (bicyclic) bond motifs is 1. The van der Waals surface area contributed by atoms with Crippen LogP contribution in [0.2, 0.25) is 0 Å². The average Bonchev–Trinajstić information content (AvgIpc) is 3.15. The maximum Gasteiger partial charge on any atom is 0.337 e. The number of para-hydroxylation sites is 1. The van der Waals surface area contributed by atoms with Crippen LogP contribution in [0.1, 0.15) is 19.8 Å². The standard InChI is InChI=1S/C14H18N4O4S/c1-14(7-8-14)16-23(21,22)10-6-4-5-9-11(10)17(3)13(20)18(9)12(19)15-2/h4-6,16H,7-8H2,1-3H3,(H,15,19). The number of rotatable bonds is 3. The summed E-state index contributed by atoms with van der Waals surface area (Å²) in [4.78, 5) is 24.2. The Labute approximate surface area is 133 Å². The van der Waals surface area contributed by atoms with Crippen molar-refractivity contribution < 1.29 is 13.2 Å². The lowest BCUT2D eigenvalue weighted by Crippen LogP contribution is -2.34. The van der Waals surface area contributed by atoms with Gasteiger partial charge in [0.05, 0.1) is 11.0 Å². The van der Waals surface area contributed by atoms with E-state index < -0.39 is 27.3 Å². The van der Waals surface area contributed by atoms with Crippen LogP contribution >= 0.6 is 0 Å². The summed E-state index contributed by atoms with van der Waals surface area (Å²) in [6.07, 6.45) is 1.56. The molecule has 0 bridgehead atoms. The van der Waals surface area contributed by atoms with Gasteiger partial charge in [-0.1, -0.05) is 6.07 Å². The SMILES string of the molecule is CNC(=O)n1c(=O)n(C)c2c(S(=O)(=O)NC3(C)CC3)cccc21. The summed E-state index contributed by atoms with van der Waals surface area (Å²) in [5.74, 6) is 0. The third-order valence-electron chi connectivity index (χ3n) is 4.12. The Bertz CT molecular complexity index is 967. The molecule has 2 aromatic rings. The van der Waals surface area contributed by atoms with E-state index >= 15 is 0 Å². The van der Waals surface area contributed by atoms with Crippen molar-refractivity contribution in [1.82, 2.24) is 19.2 Å². The normalized spacial score (nSPS) is 16.5. The second-order valence-corrected chi connectivity index (χ2v) is 7.67. The fourth-order valence-electron chi connectivity index (χ4n) is 2.57. The third-order valence-corrected chi connectivity index (χ3v) is 5.79. The van der Waals surface area contributed by atoms with Gasteiger partial charge < -0.3 is 5.32 Å². The van der Waals surface area contributed by atoms with Crippen LogP contribution in [-0.2, 0) is 17.1 Å². The van der Waals surface area contributed by atoms with Gasteiger partial charge in [-0.2, -0.15) is 0 Å². The van der Waals surface area contributed by atoms with E-state index in [1.165, 1.54) is 30.8 Å². The van der Waals surface area contributed by atoms with E-state index in [4.69, 9.17) is 0 Å². The van der Waals surface area contributed by atoms with Gasteiger partial charge in [0.25, 0.3) is 0 Å². The Morgan fingerprint density at radius 1 is 1.30 bits per heavy atom. The summed E-state index contributed by atoms with van der Waals surface area (Å²) in [5, 5.41) is 2.38. The first-order valence-corrected chi connectivity index (χ1v) is 8.65. The Balaban J connectivity index is 2.28. The molecule has 2 N–H and O–H groups in total. The molecule has 23 heavy (non-hydrogen) atoms. The zero-order chi connectivity index (χ0) is 17.0. The van der Waals surface area contributed by atoms with Crippen molar-refractivity contribution in [2.24, 2.45) is 7.05 Å². The highest BCUT2D eigenvalue weighted by Crippen LogP contribution is 2.36. The highest BCUT2D eigenvalue weighted by molar-refractivity contribution is 7.89. The number of aromatic nitrogens is 2. The minimum atomic E-state index is -3.80. The van der Waals surface area contributed by atoms with E-state index in [0.717, 1.165) is 17.4 Å². The fraction of sp³-hybridized carbons (Fsp3) is 0.429. The molecule has 1 aliphatic rings. The van der Waals surface area contributed by atoms with Crippen LogP contribution < -0.4 is 15.7 Å². The van der Waals surface area contributed by atoms with Gasteiger partial charge in [0.1, 0.15) is 4.90 Å². The maximum absolute atomic E-state index is 12.7. The lowest BCUT2D eigenvalue weighted by atomic mass is 10.3. The van der Waals surface area contributed by atoms with Crippen molar-refractivity contribution in [3.05, 3.63) is 28.7 Å². The Hall–Kier alpha value is -2.13. The van der Waals surface area contributed by atoms with E-state index in [0.29, 0.717) is 0 Å². The molecule has 1 aromatic carbocycles. The molecule has 1 heterocycles. The molecule has 0 atom stereocenters. The first kappa shape index (κ1) is 15.8. The largest absolute Gasteiger partial charge is 0.340 e. The summed E-state index contributed by atoms with van der Waals surface area (Å²) in [7, 11) is -0.942. The smallest absolute Gasteiger partial charge is 0.337 e. The van der Waals surface area contributed by atoms with Crippen LogP contribution in [0.15, 0.2) is 27.9 Å². The van der Waals surface area contributed by atoms with E-state index in [-0.39, 0.29) is 15.9 Å². The number of nitrogens with one attached hydrogen (secondary N) is 2. The highest BCUT2D eigenvalue weighted by Gasteiger charge is 2.42. The van der Waals surface area contributed by atoms with Crippen molar-refractivity contribution in [1.29, 1.82) is 0 Å². The molecule has 8 nitrogen and oxygen atoms in total. The Kier molecular flexibility index (Phi) is 3.38. The molecule has 0 unspecified atom stereocenters. The van der Waals surface area contributed by atoms with Crippen LogP contribution in [0.25, 0.3) is 11.0 Å². The number of aryl methyl sites for hydroxylation is 1. The second-order valence-electron chi connectivity index (χ2n) is 6.02. The van der Waals surface area contributed by atoms with E-state index in [2.05, 4.69) is 10.0 Å². The number of amides is 1. The molecule has 0 radical (unpaired) electrons. The predicted molar refractivity (Wildman–Crippen MR) is 85.0 cm³/mol. The molecule has 0 saturated heterocycles. The van der Waals surface area contributed by atoms with Gasteiger partial charge in [-0.3, -0.25) is 4.57 Å². The van der Waals surface area contributed by atoms with Gasteiger partial charge in [-0.25, -0.2) is 27.3 Å². The molecule has 1 saturated carbocycles. The topological polar surface area (TPSA) is 102 Å². The van der Waals surface area contributed by atoms with Crippen molar-refractivity contribution in [3.8, 4) is 0 Å². The van der Waals surface area contributed by atoms with Crippen LogP contribution in [0.4, 0.5) is 4.79 Å². The van der Waals surface area contributed by atoms with Crippen molar-refractivity contribution in [3.63, 3.8) is 0 Å². The molecule has 1 fully saturated rings. The number of carbonyl (C=O) groups excluding carboxylic acids is 1. The van der Waals surface area contributed by atoms with Gasteiger partial charge in [0.2, 0.25) is 10.0 Å². The zero-order valence-electron chi connectivity index (χ0n) is 13.1. The number of carbonyl (C=O) groups is 1. The molecule has 1 aliphatic carbocycles. The lowest BCUT2D eigenvalue weighted by Gasteiger charge is -2.13. The third kappa shape index (κ3) is 2.45. The summed E-state index contributed by atoms with van der Waals surface area (Å²) in [6, 6.07) is 3.89. The highest BCUT2D eigenvalue weighted by atomic mass is 32.2. The van der Waals surface area contributed by atoms with E-state index in [1.54, 1.807) is 6.07 Å². The first-order valence-electron chi connectivity index (χ1n) is 7.17. The quantitative estimate of drug-likeness (QED) is 0.843. The molecule has 0 aliphatic heterocycles. The van der Waals surface area contributed by atoms with Crippen LogP contribution in [0.3, 0.4) is 0 Å². The maximum atomic E-state index is 12.7. The molecule has 3 rings (SSSR count). The van der Waals surface area contributed by atoms with Crippen molar-refractivity contribution in [2.75, 3.05) is 7.05 Å². The summed E-state index contributed by atoms with van der Waals surface area (Å²) >= 11 is 0. The van der Waals surface area contributed by atoms with Gasteiger partial charge in [0, 0.05) is 19.6 Å². The number of hydrogen-bond donors (Lipinski definition) is 2. The molecular weight excluding hydrogens is 320 g/mol. The lowest BCUT2D eigenvalue weighted by molar-refractivity contribution is 0.244. The summed E-state index contributed by atoms with van der Waals surface area (Å²) < 4.78 is 30.1. The van der Waals surface area contributed by atoms with Crippen LogP contribution in [0, 0.1) is 0 Å². The number of sulfonamides is 1. The minimum absolute atomic E-state index is 0.00891. The van der Waals surface area contributed by atoms with Crippen LogP contribution in [-0.4, -0.2) is 36.2 Å². The van der Waals surface area contributed by atoms with Crippen LogP contribution in [0.5, 0.6) is 0 Å². The summed E-state index contributed by atoms with van der Waals surface area (Å²) in [5.41, 5.74) is -0.568. The number of hydrogen-bond acceptors (Lipinski definition) is 4. The minimum Gasteiger partial charge on any atom is -0.340 e. The molecule has 0 spiro atoms. The molecule has 1 amide bonds. The second kappa shape index (κ2) is 4.93. The van der Waals surface area contributed by atoms with Crippen molar-refractivity contribution in [2.45, 2.75) is 30.2 Å². The monoisotopic (exact) mass is 338 g/mol. The van der Waals surface area contributed by atoms with Gasteiger partial charge in [-0.15, -0.1) is 0 Å².